The molecule has 0 saturated heterocycles. The molecule has 26 heavy (non-hydrogen) atoms. The molecule has 0 aliphatic heterocycles. The second kappa shape index (κ2) is 10.1. The van der Waals surface area contributed by atoms with E-state index in [9.17, 15) is 4.79 Å². The van der Waals surface area contributed by atoms with E-state index in [0.717, 1.165) is 6.54 Å². The number of hydrogen-bond acceptors (Lipinski definition) is 3. The maximum Gasteiger partial charge on any atom is 0.307 e. The molecule has 0 amide bonds. The number of ether oxygens (including phenoxy) is 1. The highest BCUT2D eigenvalue weighted by molar-refractivity contribution is 5.70. The van der Waals surface area contributed by atoms with Crippen LogP contribution in [0, 0.1) is 5.92 Å². The summed E-state index contributed by atoms with van der Waals surface area (Å²) in [6.07, 6.45) is 0.412. The van der Waals surface area contributed by atoms with Crippen molar-refractivity contribution in [1.82, 2.24) is 4.90 Å². The number of benzene rings is 2. The molecule has 0 aromatic heterocycles. The minimum Gasteiger partial charge on any atom is -0.466 e. The Kier molecular flexibility index (Phi) is 7.86. The van der Waals surface area contributed by atoms with Crippen LogP contribution in [0.2, 0.25) is 0 Å². The molecule has 2 atom stereocenters. The van der Waals surface area contributed by atoms with Crippen molar-refractivity contribution < 1.29 is 9.53 Å². The van der Waals surface area contributed by atoms with Crippen LogP contribution in [0.15, 0.2) is 60.7 Å². The van der Waals surface area contributed by atoms with E-state index in [2.05, 4.69) is 74.2 Å². The Balaban J connectivity index is 2.31. The van der Waals surface area contributed by atoms with Gasteiger partial charge in [-0.15, -0.1) is 0 Å². The fraction of sp³-hybridized carbons (Fsp3) is 0.435. The van der Waals surface area contributed by atoms with E-state index in [1.54, 1.807) is 0 Å². The Bertz CT molecular complexity index is 654. The third-order valence-electron chi connectivity index (χ3n) is 4.86. The molecule has 0 aliphatic rings. The standard InChI is InChI=1S/C23H31NO2/c1-5-26-23(25)16-22(18(2)3)24(17-20-12-8-6-9-13-20)19(4)21-14-10-7-11-15-21/h6-15,18-19,22H,5,16-17H2,1-4H3/t19-,22+/m1/s1. The number of carbonyl (C=O) groups excluding carboxylic acids is 1. The van der Waals surface area contributed by atoms with E-state index in [4.69, 9.17) is 4.74 Å². The molecule has 2 aromatic carbocycles. The molecule has 2 rings (SSSR count). The SMILES string of the molecule is CCOC(=O)C[C@@H](C(C)C)N(Cc1ccccc1)[C@H](C)c1ccccc1. The number of nitrogens with zero attached hydrogens (tertiary/aromatic N) is 1. The largest absolute Gasteiger partial charge is 0.466 e. The van der Waals surface area contributed by atoms with Crippen molar-refractivity contribution in [3.8, 4) is 0 Å². The van der Waals surface area contributed by atoms with Gasteiger partial charge in [0.2, 0.25) is 0 Å². The van der Waals surface area contributed by atoms with Gasteiger partial charge >= 0.3 is 5.97 Å². The second-order valence-electron chi connectivity index (χ2n) is 7.07. The van der Waals surface area contributed by atoms with Gasteiger partial charge in [-0.2, -0.15) is 0 Å². The summed E-state index contributed by atoms with van der Waals surface area (Å²) in [5.41, 5.74) is 2.52. The van der Waals surface area contributed by atoms with E-state index in [1.807, 2.05) is 19.1 Å². The van der Waals surface area contributed by atoms with E-state index in [1.165, 1.54) is 11.1 Å². The molecule has 0 heterocycles. The monoisotopic (exact) mass is 353 g/mol. The smallest absolute Gasteiger partial charge is 0.307 e. The van der Waals surface area contributed by atoms with Crippen molar-refractivity contribution in [1.29, 1.82) is 0 Å². The van der Waals surface area contributed by atoms with Crippen LogP contribution >= 0.6 is 0 Å². The van der Waals surface area contributed by atoms with E-state index < -0.39 is 0 Å². The van der Waals surface area contributed by atoms with Crippen molar-refractivity contribution in [3.05, 3.63) is 71.8 Å². The van der Waals surface area contributed by atoms with Gasteiger partial charge in [0.15, 0.2) is 0 Å². The molecule has 0 bridgehead atoms. The summed E-state index contributed by atoms with van der Waals surface area (Å²) < 4.78 is 5.24. The summed E-state index contributed by atoms with van der Waals surface area (Å²) in [5.74, 6) is 0.221. The van der Waals surface area contributed by atoms with Crippen LogP contribution in [0.1, 0.15) is 51.3 Å². The third-order valence-corrected chi connectivity index (χ3v) is 4.86. The second-order valence-corrected chi connectivity index (χ2v) is 7.07. The molecule has 0 aliphatic carbocycles. The Morgan fingerprint density at radius 1 is 0.962 bits per heavy atom. The molecule has 0 spiro atoms. The van der Waals surface area contributed by atoms with Gasteiger partial charge in [0.05, 0.1) is 13.0 Å². The molecule has 3 heteroatoms. The first-order valence-corrected chi connectivity index (χ1v) is 9.53. The van der Waals surface area contributed by atoms with Crippen LogP contribution in [0.4, 0.5) is 0 Å². The highest BCUT2D eigenvalue weighted by Crippen LogP contribution is 2.29. The van der Waals surface area contributed by atoms with Crippen molar-refractivity contribution in [2.45, 2.75) is 52.7 Å². The van der Waals surface area contributed by atoms with Crippen LogP contribution in [0.3, 0.4) is 0 Å². The number of rotatable bonds is 9. The molecular weight excluding hydrogens is 322 g/mol. The van der Waals surface area contributed by atoms with Crippen LogP contribution in [-0.4, -0.2) is 23.5 Å². The third kappa shape index (κ3) is 5.70. The van der Waals surface area contributed by atoms with Crippen LogP contribution < -0.4 is 0 Å². The van der Waals surface area contributed by atoms with Crippen molar-refractivity contribution in [2.24, 2.45) is 5.92 Å². The van der Waals surface area contributed by atoms with Crippen LogP contribution in [0.25, 0.3) is 0 Å². The van der Waals surface area contributed by atoms with Gasteiger partial charge in [-0.1, -0.05) is 74.5 Å². The Labute approximate surface area is 158 Å². The van der Waals surface area contributed by atoms with Crippen molar-refractivity contribution >= 4 is 5.97 Å². The van der Waals surface area contributed by atoms with Crippen molar-refractivity contribution in [2.75, 3.05) is 6.61 Å². The van der Waals surface area contributed by atoms with Crippen molar-refractivity contribution in [3.63, 3.8) is 0 Å². The average Bonchev–Trinajstić information content (AvgIpc) is 2.65. The number of carbonyl (C=O) groups is 1. The topological polar surface area (TPSA) is 29.5 Å². The Morgan fingerprint density at radius 3 is 2.08 bits per heavy atom. The molecule has 0 N–H and O–H groups in total. The summed E-state index contributed by atoms with van der Waals surface area (Å²) >= 11 is 0. The zero-order valence-corrected chi connectivity index (χ0v) is 16.4. The maximum absolute atomic E-state index is 12.2. The van der Waals surface area contributed by atoms with Crippen LogP contribution in [0.5, 0.6) is 0 Å². The zero-order chi connectivity index (χ0) is 18.9. The number of esters is 1. The lowest BCUT2D eigenvalue weighted by Gasteiger charge is -2.38. The average molecular weight is 354 g/mol. The normalized spacial score (nSPS) is 13.6. The van der Waals surface area contributed by atoms with Gasteiger partial charge in [0, 0.05) is 18.6 Å². The lowest BCUT2D eigenvalue weighted by Crippen LogP contribution is -2.42. The molecular formula is C23H31NO2. The molecule has 0 saturated carbocycles. The lowest BCUT2D eigenvalue weighted by molar-refractivity contribution is -0.145. The summed E-state index contributed by atoms with van der Waals surface area (Å²) in [4.78, 5) is 14.7. The fourth-order valence-electron chi connectivity index (χ4n) is 3.39. The quantitative estimate of drug-likeness (QED) is 0.578. The first-order chi connectivity index (χ1) is 12.5. The fourth-order valence-corrected chi connectivity index (χ4v) is 3.39. The zero-order valence-electron chi connectivity index (χ0n) is 16.4. The number of hydrogen-bond donors (Lipinski definition) is 0. The predicted molar refractivity (Wildman–Crippen MR) is 107 cm³/mol. The van der Waals surface area contributed by atoms with Crippen LogP contribution in [-0.2, 0) is 16.1 Å². The van der Waals surface area contributed by atoms with Gasteiger partial charge in [0.1, 0.15) is 0 Å². The molecule has 2 aromatic rings. The van der Waals surface area contributed by atoms with E-state index in [-0.39, 0.29) is 18.1 Å². The summed E-state index contributed by atoms with van der Waals surface area (Å²) in [7, 11) is 0. The predicted octanol–water partition coefficient (Wildman–Crippen LogP) is 5.23. The Morgan fingerprint density at radius 2 is 1.54 bits per heavy atom. The highest BCUT2D eigenvalue weighted by Gasteiger charge is 2.29. The summed E-state index contributed by atoms with van der Waals surface area (Å²) in [6.45, 7) is 9.67. The lowest BCUT2D eigenvalue weighted by atomic mass is 9.94. The first-order valence-electron chi connectivity index (χ1n) is 9.53. The maximum atomic E-state index is 12.2. The molecule has 0 unspecified atom stereocenters. The van der Waals surface area contributed by atoms with E-state index >= 15 is 0 Å². The Hall–Kier alpha value is -2.13. The molecule has 0 fully saturated rings. The van der Waals surface area contributed by atoms with Gasteiger partial charge in [-0.25, -0.2) is 0 Å². The molecule has 0 radical (unpaired) electrons. The van der Waals surface area contributed by atoms with Gasteiger partial charge in [-0.05, 0) is 30.9 Å². The van der Waals surface area contributed by atoms with E-state index in [0.29, 0.717) is 18.9 Å². The molecule has 140 valence electrons. The molecule has 3 nitrogen and oxygen atoms in total. The first kappa shape index (κ1) is 20.2. The highest BCUT2D eigenvalue weighted by atomic mass is 16.5. The minimum atomic E-state index is -0.121. The summed E-state index contributed by atoms with van der Waals surface area (Å²) in [5, 5.41) is 0. The van der Waals surface area contributed by atoms with Gasteiger partial charge in [-0.3, -0.25) is 9.69 Å². The van der Waals surface area contributed by atoms with Gasteiger partial charge < -0.3 is 4.74 Å². The minimum absolute atomic E-state index is 0.115. The summed E-state index contributed by atoms with van der Waals surface area (Å²) in [6, 6.07) is 21.3. The van der Waals surface area contributed by atoms with Gasteiger partial charge in [0.25, 0.3) is 0 Å².